The molecule has 11 rings (SSSR count). The zero-order valence-electron chi connectivity index (χ0n) is 29.5. The lowest BCUT2D eigenvalue weighted by Gasteiger charge is -2.29. The van der Waals surface area contributed by atoms with E-state index in [1.807, 2.05) is 59.9 Å². The Hall–Kier alpha value is -7.15. The highest BCUT2D eigenvalue weighted by molar-refractivity contribution is 7.26. The van der Waals surface area contributed by atoms with Gasteiger partial charge in [0.05, 0.1) is 21.8 Å². The van der Waals surface area contributed by atoms with Gasteiger partial charge in [-0.15, -0.1) is 11.3 Å². The second kappa shape index (κ2) is 12.8. The maximum absolute atomic E-state index is 6.75. The molecule has 0 amide bonds. The third-order valence-corrected chi connectivity index (χ3v) is 11.5. The van der Waals surface area contributed by atoms with Gasteiger partial charge in [-0.05, 0) is 78.9 Å². The van der Waals surface area contributed by atoms with Crippen LogP contribution < -0.4 is 9.80 Å². The van der Waals surface area contributed by atoms with Crippen molar-refractivity contribution in [2.45, 2.75) is 0 Å². The number of fused-ring (bicyclic) bond motifs is 7. The number of thiophene rings is 1. The molecule has 0 spiro atoms. The van der Waals surface area contributed by atoms with Crippen molar-refractivity contribution in [1.29, 1.82) is 0 Å². The van der Waals surface area contributed by atoms with E-state index in [0.717, 1.165) is 67.1 Å². The van der Waals surface area contributed by atoms with Gasteiger partial charge >= 0.3 is 0 Å². The SMILES string of the molecule is c1ccc(-c2nc3c(N(c4ccccc4)c4ccc5oc6ccccc6c5c4)cc(N(c4ccccc4)c4cccc5c4sc4ccccc45)cc3o2)cc1. The summed E-state index contributed by atoms with van der Waals surface area (Å²) in [6.45, 7) is 0. The number of hydrogen-bond donors (Lipinski definition) is 0. The highest BCUT2D eigenvalue weighted by Crippen LogP contribution is 2.49. The van der Waals surface area contributed by atoms with Crippen LogP contribution in [0.1, 0.15) is 0 Å². The lowest BCUT2D eigenvalue weighted by atomic mass is 10.1. The van der Waals surface area contributed by atoms with Gasteiger partial charge in [-0.3, -0.25) is 0 Å². The number of nitrogens with zero attached hydrogens (tertiary/aromatic N) is 3. The van der Waals surface area contributed by atoms with Crippen molar-refractivity contribution in [2.75, 3.05) is 9.80 Å². The molecule has 0 fully saturated rings. The van der Waals surface area contributed by atoms with E-state index in [1.54, 1.807) is 0 Å². The van der Waals surface area contributed by atoms with E-state index in [4.69, 9.17) is 13.8 Å². The van der Waals surface area contributed by atoms with E-state index >= 15 is 0 Å². The number of rotatable bonds is 7. The fourth-order valence-corrected chi connectivity index (χ4v) is 8.98. The Balaban J connectivity index is 1.21. The van der Waals surface area contributed by atoms with Crippen LogP contribution in [0.5, 0.6) is 0 Å². The summed E-state index contributed by atoms with van der Waals surface area (Å²) >= 11 is 1.82. The molecule has 55 heavy (non-hydrogen) atoms. The Morgan fingerprint density at radius 1 is 0.400 bits per heavy atom. The van der Waals surface area contributed by atoms with Gasteiger partial charge < -0.3 is 18.6 Å². The van der Waals surface area contributed by atoms with Crippen molar-refractivity contribution in [3.63, 3.8) is 0 Å². The number of anilines is 6. The van der Waals surface area contributed by atoms with Crippen LogP contribution in [0.2, 0.25) is 0 Å². The van der Waals surface area contributed by atoms with E-state index in [9.17, 15) is 0 Å². The monoisotopic (exact) mass is 725 g/mol. The fraction of sp³-hybridized carbons (Fsp3) is 0. The van der Waals surface area contributed by atoms with Crippen LogP contribution in [0, 0.1) is 0 Å². The van der Waals surface area contributed by atoms with Gasteiger partial charge in [0, 0.05) is 54.9 Å². The first-order valence-electron chi connectivity index (χ1n) is 18.3. The largest absolute Gasteiger partial charge is 0.456 e. The zero-order chi connectivity index (χ0) is 36.3. The standard InChI is InChI=1S/C49H31N3O2S/c1-4-15-32(16-5-1)49-50-47-42(51(33-17-6-2-7-18-33)35-27-28-44-40(29-35)37-21-10-12-25-43(37)53-44)30-36(31-45(47)54-49)52(34-19-8-3-9-20-34)41-24-14-23-39-38-22-11-13-26-46(38)55-48(39)41/h1-31H. The topological polar surface area (TPSA) is 45.7 Å². The van der Waals surface area contributed by atoms with Crippen molar-refractivity contribution in [1.82, 2.24) is 4.98 Å². The van der Waals surface area contributed by atoms with E-state index < -0.39 is 0 Å². The first-order valence-corrected chi connectivity index (χ1v) is 19.1. The lowest BCUT2D eigenvalue weighted by Crippen LogP contribution is -2.14. The lowest BCUT2D eigenvalue weighted by molar-refractivity contribution is 0.620. The fourth-order valence-electron chi connectivity index (χ4n) is 7.77. The normalized spacial score (nSPS) is 11.6. The highest BCUT2D eigenvalue weighted by Gasteiger charge is 2.25. The van der Waals surface area contributed by atoms with Crippen LogP contribution in [-0.4, -0.2) is 4.98 Å². The molecule has 0 unspecified atom stereocenters. The molecule has 11 aromatic rings. The van der Waals surface area contributed by atoms with Gasteiger partial charge in [-0.25, -0.2) is 4.98 Å². The molecule has 260 valence electrons. The van der Waals surface area contributed by atoms with Crippen molar-refractivity contribution in [3.8, 4) is 11.5 Å². The predicted octanol–water partition coefficient (Wildman–Crippen LogP) is 14.7. The van der Waals surface area contributed by atoms with Gasteiger partial charge in [-0.1, -0.05) is 103 Å². The van der Waals surface area contributed by atoms with Gasteiger partial charge in [0.1, 0.15) is 16.7 Å². The highest BCUT2D eigenvalue weighted by atomic mass is 32.1. The molecule has 0 atom stereocenters. The maximum atomic E-state index is 6.75. The Labute approximate surface area is 320 Å². The first-order chi connectivity index (χ1) is 27.3. The quantitative estimate of drug-likeness (QED) is 0.164. The van der Waals surface area contributed by atoms with Crippen LogP contribution in [0.25, 0.3) is 64.7 Å². The molecule has 3 heterocycles. The Bertz CT molecular complexity index is 3170. The van der Waals surface area contributed by atoms with E-state index in [0.29, 0.717) is 11.5 Å². The number of aromatic nitrogens is 1. The molecule has 6 heteroatoms. The van der Waals surface area contributed by atoms with Gasteiger partial charge in [0.25, 0.3) is 0 Å². The van der Waals surface area contributed by atoms with Crippen molar-refractivity contribution in [3.05, 3.63) is 188 Å². The summed E-state index contributed by atoms with van der Waals surface area (Å²) in [5.74, 6) is 0.566. The summed E-state index contributed by atoms with van der Waals surface area (Å²) in [7, 11) is 0. The summed E-state index contributed by atoms with van der Waals surface area (Å²) in [5, 5.41) is 4.62. The summed E-state index contributed by atoms with van der Waals surface area (Å²) in [6, 6.07) is 65.4. The van der Waals surface area contributed by atoms with E-state index in [-0.39, 0.29) is 0 Å². The summed E-state index contributed by atoms with van der Waals surface area (Å²) in [5.41, 5.74) is 10.0. The molecule has 0 bridgehead atoms. The molecule has 8 aromatic carbocycles. The van der Waals surface area contributed by atoms with Crippen molar-refractivity contribution in [2.24, 2.45) is 0 Å². The molecule has 0 saturated carbocycles. The number of oxazole rings is 1. The molecule has 0 aliphatic carbocycles. The maximum Gasteiger partial charge on any atom is 0.227 e. The third-order valence-electron chi connectivity index (χ3n) is 10.3. The van der Waals surface area contributed by atoms with Gasteiger partial charge in [-0.2, -0.15) is 0 Å². The Morgan fingerprint density at radius 2 is 1.04 bits per heavy atom. The molecule has 3 aromatic heterocycles. The molecular formula is C49H31N3O2S. The zero-order valence-corrected chi connectivity index (χ0v) is 30.3. The third kappa shape index (κ3) is 5.26. The molecule has 0 N–H and O–H groups in total. The molecule has 0 aliphatic heterocycles. The average Bonchev–Trinajstić information content (AvgIpc) is 3.96. The number of benzene rings is 8. The Morgan fingerprint density at radius 3 is 1.82 bits per heavy atom. The minimum absolute atomic E-state index is 0.566. The van der Waals surface area contributed by atoms with E-state index in [2.05, 4.69) is 149 Å². The van der Waals surface area contributed by atoms with Crippen LogP contribution in [0.3, 0.4) is 0 Å². The first kappa shape index (κ1) is 31.4. The number of para-hydroxylation sites is 3. The second-order valence-electron chi connectivity index (χ2n) is 13.6. The smallest absolute Gasteiger partial charge is 0.227 e. The number of furan rings is 1. The molecule has 5 nitrogen and oxygen atoms in total. The van der Waals surface area contributed by atoms with E-state index in [1.165, 1.54) is 20.2 Å². The summed E-state index contributed by atoms with van der Waals surface area (Å²) < 4.78 is 15.5. The average molecular weight is 726 g/mol. The molecule has 0 saturated heterocycles. The predicted molar refractivity (Wildman–Crippen MR) is 229 cm³/mol. The molecule has 0 radical (unpaired) electrons. The summed E-state index contributed by atoms with van der Waals surface area (Å²) in [4.78, 5) is 9.87. The van der Waals surface area contributed by atoms with Crippen molar-refractivity contribution < 1.29 is 8.83 Å². The minimum Gasteiger partial charge on any atom is -0.456 e. The van der Waals surface area contributed by atoms with Gasteiger partial charge in [0.15, 0.2) is 5.58 Å². The van der Waals surface area contributed by atoms with Crippen LogP contribution in [0.15, 0.2) is 197 Å². The molecule has 0 aliphatic rings. The second-order valence-corrected chi connectivity index (χ2v) is 14.6. The summed E-state index contributed by atoms with van der Waals surface area (Å²) in [6.07, 6.45) is 0. The minimum atomic E-state index is 0.566. The van der Waals surface area contributed by atoms with Crippen LogP contribution in [0.4, 0.5) is 34.1 Å². The van der Waals surface area contributed by atoms with Crippen molar-refractivity contribution >= 4 is 98.7 Å². The number of hydrogen-bond acceptors (Lipinski definition) is 6. The molecular weight excluding hydrogens is 695 g/mol. The van der Waals surface area contributed by atoms with Gasteiger partial charge in [0.2, 0.25) is 5.89 Å². The van der Waals surface area contributed by atoms with Crippen LogP contribution >= 0.6 is 11.3 Å². The Kier molecular flexibility index (Phi) is 7.28. The van der Waals surface area contributed by atoms with Crippen LogP contribution in [-0.2, 0) is 0 Å².